The van der Waals surface area contributed by atoms with Crippen LogP contribution in [0, 0.1) is 5.92 Å². The van der Waals surface area contributed by atoms with Gasteiger partial charge in [0, 0.05) is 50.9 Å². The van der Waals surface area contributed by atoms with Gasteiger partial charge in [-0.3, -0.25) is 4.79 Å². The molecule has 2 heterocycles. The lowest BCUT2D eigenvalue weighted by Crippen LogP contribution is -2.47. The summed E-state index contributed by atoms with van der Waals surface area (Å²) in [5, 5.41) is 2.91. The number of hydrogen-bond acceptors (Lipinski definition) is 4. The van der Waals surface area contributed by atoms with Gasteiger partial charge in [-0.05, 0) is 63.8 Å². The van der Waals surface area contributed by atoms with Crippen molar-refractivity contribution in [2.45, 2.75) is 57.3 Å². The third kappa shape index (κ3) is 5.81. The van der Waals surface area contributed by atoms with Crippen molar-refractivity contribution in [2.75, 3.05) is 44.6 Å². The van der Waals surface area contributed by atoms with E-state index >= 15 is 0 Å². The predicted molar refractivity (Wildman–Crippen MR) is 125 cm³/mol. The average Bonchev–Trinajstić information content (AvgIpc) is 3.10. The standard InChI is InChI=1S/C23H36N4O4S/c1-3-25(4-2)23(29)26-17-13-19(14-18-26)22(28)24-20-9-11-21(12-10-20)32(30,31)27-15-7-5-6-8-16-27/h9-12,19H,3-8,13-18H2,1-2H3,(H,24,28). The first kappa shape index (κ1) is 24.5. The van der Waals surface area contributed by atoms with Crippen LogP contribution < -0.4 is 5.32 Å². The van der Waals surface area contributed by atoms with Crippen molar-refractivity contribution >= 4 is 27.6 Å². The summed E-state index contributed by atoms with van der Waals surface area (Å²) in [5.74, 6) is -0.237. The lowest BCUT2D eigenvalue weighted by atomic mass is 9.96. The number of urea groups is 1. The second-order valence-corrected chi connectivity index (χ2v) is 10.5. The Morgan fingerprint density at radius 3 is 2.03 bits per heavy atom. The molecule has 0 spiro atoms. The quantitative estimate of drug-likeness (QED) is 0.699. The number of amides is 3. The van der Waals surface area contributed by atoms with E-state index in [-0.39, 0.29) is 22.8 Å². The molecule has 32 heavy (non-hydrogen) atoms. The average molecular weight is 465 g/mol. The van der Waals surface area contributed by atoms with Gasteiger partial charge in [0.1, 0.15) is 0 Å². The van der Waals surface area contributed by atoms with Gasteiger partial charge >= 0.3 is 6.03 Å². The molecule has 0 saturated carbocycles. The van der Waals surface area contributed by atoms with Crippen molar-refractivity contribution < 1.29 is 18.0 Å². The second kappa shape index (κ2) is 11.1. The molecule has 9 heteroatoms. The van der Waals surface area contributed by atoms with E-state index < -0.39 is 10.0 Å². The number of rotatable bonds is 6. The van der Waals surface area contributed by atoms with Gasteiger partial charge in [-0.2, -0.15) is 4.31 Å². The van der Waals surface area contributed by atoms with Crippen LogP contribution >= 0.6 is 0 Å². The molecule has 0 aliphatic carbocycles. The third-order valence-electron chi connectivity index (χ3n) is 6.49. The largest absolute Gasteiger partial charge is 0.326 e. The molecule has 1 aromatic carbocycles. The summed E-state index contributed by atoms with van der Waals surface area (Å²) in [7, 11) is -3.50. The number of sulfonamides is 1. The van der Waals surface area contributed by atoms with Crippen molar-refractivity contribution in [3.05, 3.63) is 24.3 Å². The number of nitrogens with zero attached hydrogens (tertiary/aromatic N) is 3. The van der Waals surface area contributed by atoms with Crippen LogP contribution in [0.1, 0.15) is 52.4 Å². The van der Waals surface area contributed by atoms with Gasteiger partial charge in [-0.25, -0.2) is 13.2 Å². The van der Waals surface area contributed by atoms with Crippen LogP contribution in [-0.4, -0.2) is 73.7 Å². The monoisotopic (exact) mass is 464 g/mol. The highest BCUT2D eigenvalue weighted by molar-refractivity contribution is 7.89. The van der Waals surface area contributed by atoms with Crippen molar-refractivity contribution in [1.29, 1.82) is 0 Å². The van der Waals surface area contributed by atoms with Crippen molar-refractivity contribution in [3.8, 4) is 0 Å². The highest BCUT2D eigenvalue weighted by Gasteiger charge is 2.29. The molecule has 1 N–H and O–H groups in total. The molecule has 0 unspecified atom stereocenters. The maximum atomic E-state index is 12.9. The molecule has 2 aliphatic heterocycles. The Balaban J connectivity index is 1.54. The van der Waals surface area contributed by atoms with Gasteiger partial charge in [0.2, 0.25) is 15.9 Å². The fraction of sp³-hybridized carbons (Fsp3) is 0.652. The summed E-state index contributed by atoms with van der Waals surface area (Å²) in [6.45, 7) is 7.56. The zero-order valence-corrected chi connectivity index (χ0v) is 20.1. The van der Waals surface area contributed by atoms with Gasteiger partial charge in [-0.15, -0.1) is 0 Å². The molecule has 178 valence electrons. The first-order valence-electron chi connectivity index (χ1n) is 11.8. The lowest BCUT2D eigenvalue weighted by Gasteiger charge is -2.34. The molecule has 3 amide bonds. The zero-order valence-electron chi connectivity index (χ0n) is 19.3. The van der Waals surface area contributed by atoms with Gasteiger partial charge < -0.3 is 15.1 Å². The van der Waals surface area contributed by atoms with E-state index in [1.54, 1.807) is 33.5 Å². The number of anilines is 1. The Kier molecular flexibility index (Phi) is 8.53. The summed E-state index contributed by atoms with van der Waals surface area (Å²) in [4.78, 5) is 29.1. The molecule has 3 rings (SSSR count). The zero-order chi connectivity index (χ0) is 23.1. The summed E-state index contributed by atoms with van der Waals surface area (Å²) >= 11 is 0. The molecule has 2 aliphatic rings. The van der Waals surface area contributed by atoms with Crippen molar-refractivity contribution in [2.24, 2.45) is 5.92 Å². The van der Waals surface area contributed by atoms with Crippen LogP contribution in [0.4, 0.5) is 10.5 Å². The van der Waals surface area contributed by atoms with Crippen LogP contribution in [0.5, 0.6) is 0 Å². The number of nitrogens with one attached hydrogen (secondary N) is 1. The molecular weight excluding hydrogens is 428 g/mol. The lowest BCUT2D eigenvalue weighted by molar-refractivity contribution is -0.121. The first-order chi connectivity index (χ1) is 15.4. The summed E-state index contributed by atoms with van der Waals surface area (Å²) in [6.07, 6.45) is 5.18. The second-order valence-electron chi connectivity index (χ2n) is 8.55. The maximum Gasteiger partial charge on any atom is 0.319 e. The number of piperidine rings is 1. The highest BCUT2D eigenvalue weighted by Crippen LogP contribution is 2.24. The fourth-order valence-electron chi connectivity index (χ4n) is 4.41. The topological polar surface area (TPSA) is 90.0 Å². The molecule has 0 aromatic heterocycles. The number of hydrogen-bond donors (Lipinski definition) is 1. The SMILES string of the molecule is CCN(CC)C(=O)N1CCC(C(=O)Nc2ccc(S(=O)(=O)N3CCCCCC3)cc2)CC1. The van der Waals surface area contributed by atoms with E-state index in [1.165, 1.54) is 0 Å². The minimum atomic E-state index is -3.50. The summed E-state index contributed by atoms with van der Waals surface area (Å²) in [6, 6.07) is 6.49. The van der Waals surface area contributed by atoms with E-state index in [2.05, 4.69) is 5.32 Å². The van der Waals surface area contributed by atoms with Crippen LogP contribution in [0.25, 0.3) is 0 Å². The fourth-order valence-corrected chi connectivity index (χ4v) is 5.93. The van der Waals surface area contributed by atoms with Crippen molar-refractivity contribution in [1.82, 2.24) is 14.1 Å². The molecule has 8 nitrogen and oxygen atoms in total. The molecular formula is C23H36N4O4S. The number of carbonyl (C=O) groups is 2. The molecule has 0 bridgehead atoms. The Labute approximate surface area is 192 Å². The number of carbonyl (C=O) groups excluding carboxylic acids is 2. The van der Waals surface area contributed by atoms with Crippen molar-refractivity contribution in [3.63, 3.8) is 0 Å². The van der Waals surface area contributed by atoms with Gasteiger partial charge in [-0.1, -0.05) is 12.8 Å². The highest BCUT2D eigenvalue weighted by atomic mass is 32.2. The minimum Gasteiger partial charge on any atom is -0.326 e. The van der Waals surface area contributed by atoms with E-state index in [9.17, 15) is 18.0 Å². The molecule has 1 aromatic rings. The van der Waals surface area contributed by atoms with E-state index in [0.29, 0.717) is 57.8 Å². The first-order valence-corrected chi connectivity index (χ1v) is 13.3. The Bertz CT molecular complexity index is 868. The molecule has 0 radical (unpaired) electrons. The van der Waals surface area contributed by atoms with Gasteiger partial charge in [0.05, 0.1) is 4.90 Å². The molecule has 0 atom stereocenters. The number of likely N-dealkylation sites (tertiary alicyclic amines) is 1. The van der Waals surface area contributed by atoms with Crippen LogP contribution in [-0.2, 0) is 14.8 Å². The Morgan fingerprint density at radius 1 is 0.938 bits per heavy atom. The Hall–Kier alpha value is -2.13. The van der Waals surface area contributed by atoms with Crippen LogP contribution in [0.2, 0.25) is 0 Å². The maximum absolute atomic E-state index is 12.9. The normalized spacial score (nSPS) is 18.8. The predicted octanol–water partition coefficient (Wildman–Crippen LogP) is 3.36. The molecule has 2 fully saturated rings. The van der Waals surface area contributed by atoms with E-state index in [0.717, 1.165) is 25.7 Å². The third-order valence-corrected chi connectivity index (χ3v) is 8.41. The van der Waals surface area contributed by atoms with Crippen LogP contribution in [0.3, 0.4) is 0 Å². The van der Waals surface area contributed by atoms with Gasteiger partial charge in [0.15, 0.2) is 0 Å². The van der Waals surface area contributed by atoms with E-state index in [4.69, 9.17) is 0 Å². The summed E-state index contributed by atoms with van der Waals surface area (Å²) < 4.78 is 27.4. The number of benzene rings is 1. The van der Waals surface area contributed by atoms with Gasteiger partial charge in [0.25, 0.3) is 0 Å². The molecule has 2 saturated heterocycles. The summed E-state index contributed by atoms with van der Waals surface area (Å²) in [5.41, 5.74) is 0.589. The smallest absolute Gasteiger partial charge is 0.319 e. The minimum absolute atomic E-state index is 0.0371. The van der Waals surface area contributed by atoms with Crippen LogP contribution in [0.15, 0.2) is 29.2 Å². The Morgan fingerprint density at radius 2 is 1.50 bits per heavy atom. The van der Waals surface area contributed by atoms with E-state index in [1.807, 2.05) is 18.7 Å².